The van der Waals surface area contributed by atoms with E-state index in [9.17, 15) is 0 Å². The highest BCUT2D eigenvalue weighted by Gasteiger charge is 2.14. The number of nitrogens with one attached hydrogen (secondary N) is 1. The Labute approximate surface area is 104 Å². The van der Waals surface area contributed by atoms with Gasteiger partial charge in [-0.15, -0.1) is 0 Å². The van der Waals surface area contributed by atoms with Gasteiger partial charge in [0.05, 0.1) is 0 Å². The van der Waals surface area contributed by atoms with Gasteiger partial charge in [-0.2, -0.15) is 4.98 Å². The number of rotatable bonds is 7. The van der Waals surface area contributed by atoms with E-state index in [1.807, 2.05) is 7.05 Å². The van der Waals surface area contributed by atoms with Gasteiger partial charge in [0, 0.05) is 18.9 Å². The maximum absolute atomic E-state index is 5.28. The number of likely N-dealkylation sites (N-methyl/N-ethyl adjacent to an activating group) is 1. The van der Waals surface area contributed by atoms with Gasteiger partial charge in [0.2, 0.25) is 5.89 Å². The van der Waals surface area contributed by atoms with Crippen LogP contribution in [-0.2, 0) is 12.8 Å². The molecule has 1 unspecified atom stereocenters. The molecule has 0 amide bonds. The predicted molar refractivity (Wildman–Crippen MR) is 68.8 cm³/mol. The molecule has 0 aliphatic rings. The minimum atomic E-state index is 0.419. The van der Waals surface area contributed by atoms with Crippen molar-refractivity contribution >= 4 is 0 Å². The van der Waals surface area contributed by atoms with Crippen LogP contribution in [0, 0.1) is 11.8 Å². The highest BCUT2D eigenvalue weighted by atomic mass is 16.5. The van der Waals surface area contributed by atoms with Gasteiger partial charge in [-0.3, -0.25) is 0 Å². The fourth-order valence-electron chi connectivity index (χ4n) is 1.90. The molecule has 0 fully saturated rings. The van der Waals surface area contributed by atoms with Gasteiger partial charge in [0.25, 0.3) is 0 Å². The molecule has 98 valence electrons. The van der Waals surface area contributed by atoms with Crippen molar-refractivity contribution in [2.45, 2.75) is 53.0 Å². The molecule has 0 aromatic carbocycles. The summed E-state index contributed by atoms with van der Waals surface area (Å²) in [6.07, 6.45) is 2.83. The molecule has 1 N–H and O–H groups in total. The number of hydrogen-bond donors (Lipinski definition) is 1. The van der Waals surface area contributed by atoms with Crippen LogP contribution in [0.2, 0.25) is 0 Å². The Morgan fingerprint density at radius 1 is 1.12 bits per heavy atom. The van der Waals surface area contributed by atoms with Crippen molar-refractivity contribution < 1.29 is 4.52 Å². The van der Waals surface area contributed by atoms with Crippen LogP contribution in [0.5, 0.6) is 0 Å². The Morgan fingerprint density at radius 3 is 2.35 bits per heavy atom. The molecular formula is C13H25N3O. The normalized spacial score (nSPS) is 13.6. The van der Waals surface area contributed by atoms with Crippen molar-refractivity contribution in [1.82, 2.24) is 15.5 Å². The monoisotopic (exact) mass is 239 g/mol. The highest BCUT2D eigenvalue weighted by Crippen LogP contribution is 2.11. The molecule has 0 aliphatic heterocycles. The zero-order chi connectivity index (χ0) is 12.8. The Balaban J connectivity index is 2.52. The maximum atomic E-state index is 5.28. The van der Waals surface area contributed by atoms with Gasteiger partial charge in [-0.1, -0.05) is 32.9 Å². The summed E-state index contributed by atoms with van der Waals surface area (Å²) < 4.78 is 5.28. The average Bonchev–Trinajstić information content (AvgIpc) is 2.62. The molecule has 1 aromatic rings. The molecule has 4 heteroatoms. The molecule has 4 nitrogen and oxygen atoms in total. The third-order valence-electron chi connectivity index (χ3n) is 2.69. The molecule has 0 radical (unpaired) electrons. The first-order valence-corrected chi connectivity index (χ1v) is 6.50. The van der Waals surface area contributed by atoms with E-state index in [-0.39, 0.29) is 0 Å². The lowest BCUT2D eigenvalue weighted by Crippen LogP contribution is -2.29. The molecule has 17 heavy (non-hydrogen) atoms. The standard InChI is InChI=1S/C13H25N3O/c1-9(2)6-11(14-5)8-13-15-12(16-17-13)7-10(3)4/h9-11,14H,6-8H2,1-5H3. The zero-order valence-corrected chi connectivity index (χ0v) is 11.7. The summed E-state index contributed by atoms with van der Waals surface area (Å²) in [5.41, 5.74) is 0. The van der Waals surface area contributed by atoms with Gasteiger partial charge in [0.15, 0.2) is 5.82 Å². The Bertz CT molecular complexity index is 320. The lowest BCUT2D eigenvalue weighted by Gasteiger charge is -2.15. The van der Waals surface area contributed by atoms with Crippen LogP contribution < -0.4 is 5.32 Å². The van der Waals surface area contributed by atoms with Crippen molar-refractivity contribution in [2.24, 2.45) is 11.8 Å². The van der Waals surface area contributed by atoms with Crippen molar-refractivity contribution in [3.05, 3.63) is 11.7 Å². The van der Waals surface area contributed by atoms with Crippen LogP contribution in [-0.4, -0.2) is 23.2 Å². The van der Waals surface area contributed by atoms with Crippen LogP contribution in [0.3, 0.4) is 0 Å². The molecule has 1 atom stereocenters. The summed E-state index contributed by atoms with van der Waals surface area (Å²) >= 11 is 0. The topological polar surface area (TPSA) is 51.0 Å². The summed E-state index contributed by atoms with van der Waals surface area (Å²) in [7, 11) is 1.98. The van der Waals surface area contributed by atoms with E-state index >= 15 is 0 Å². The summed E-state index contributed by atoms with van der Waals surface area (Å²) in [6.45, 7) is 8.76. The number of nitrogens with zero attached hydrogens (tertiary/aromatic N) is 2. The number of hydrogen-bond acceptors (Lipinski definition) is 4. The van der Waals surface area contributed by atoms with E-state index in [2.05, 4.69) is 43.2 Å². The van der Waals surface area contributed by atoms with E-state index in [0.29, 0.717) is 17.9 Å². The van der Waals surface area contributed by atoms with E-state index in [1.54, 1.807) is 0 Å². The minimum absolute atomic E-state index is 0.419. The third-order valence-corrected chi connectivity index (χ3v) is 2.69. The summed E-state index contributed by atoms with van der Waals surface area (Å²) in [4.78, 5) is 4.43. The smallest absolute Gasteiger partial charge is 0.228 e. The Morgan fingerprint density at radius 2 is 1.82 bits per heavy atom. The number of aromatic nitrogens is 2. The van der Waals surface area contributed by atoms with Gasteiger partial charge in [0.1, 0.15) is 0 Å². The van der Waals surface area contributed by atoms with Gasteiger partial charge >= 0.3 is 0 Å². The Kier molecular flexibility index (Phi) is 5.62. The third kappa shape index (κ3) is 5.31. The molecule has 0 aliphatic carbocycles. The van der Waals surface area contributed by atoms with Crippen LogP contribution in [0.15, 0.2) is 4.52 Å². The average molecular weight is 239 g/mol. The van der Waals surface area contributed by atoms with Crippen molar-refractivity contribution in [2.75, 3.05) is 7.05 Å². The van der Waals surface area contributed by atoms with Crippen LogP contribution in [0.1, 0.15) is 45.8 Å². The van der Waals surface area contributed by atoms with Gasteiger partial charge in [-0.05, 0) is 25.3 Å². The predicted octanol–water partition coefficient (Wildman–Crippen LogP) is 2.44. The molecule has 0 bridgehead atoms. The maximum Gasteiger partial charge on any atom is 0.228 e. The summed E-state index contributed by atoms with van der Waals surface area (Å²) in [5.74, 6) is 2.82. The van der Waals surface area contributed by atoms with E-state index < -0.39 is 0 Å². The highest BCUT2D eigenvalue weighted by molar-refractivity contribution is 4.90. The second-order valence-corrected chi connectivity index (χ2v) is 5.52. The van der Waals surface area contributed by atoms with Crippen LogP contribution in [0.25, 0.3) is 0 Å². The summed E-state index contributed by atoms with van der Waals surface area (Å²) in [6, 6.07) is 0.419. The molecule has 0 saturated heterocycles. The van der Waals surface area contributed by atoms with E-state index in [0.717, 1.165) is 31.0 Å². The quantitative estimate of drug-likeness (QED) is 0.794. The zero-order valence-electron chi connectivity index (χ0n) is 11.7. The largest absolute Gasteiger partial charge is 0.339 e. The SMILES string of the molecule is CNC(Cc1nc(CC(C)C)no1)CC(C)C. The van der Waals surface area contributed by atoms with Gasteiger partial charge in [-0.25, -0.2) is 0 Å². The minimum Gasteiger partial charge on any atom is -0.339 e. The van der Waals surface area contributed by atoms with E-state index in [4.69, 9.17) is 4.52 Å². The van der Waals surface area contributed by atoms with Crippen molar-refractivity contribution in [3.8, 4) is 0 Å². The van der Waals surface area contributed by atoms with Gasteiger partial charge < -0.3 is 9.84 Å². The van der Waals surface area contributed by atoms with Crippen LogP contribution >= 0.6 is 0 Å². The fourth-order valence-corrected chi connectivity index (χ4v) is 1.90. The molecule has 1 rings (SSSR count). The molecule has 0 saturated carbocycles. The lowest BCUT2D eigenvalue weighted by molar-refractivity contribution is 0.341. The van der Waals surface area contributed by atoms with Crippen molar-refractivity contribution in [1.29, 1.82) is 0 Å². The van der Waals surface area contributed by atoms with Crippen LogP contribution in [0.4, 0.5) is 0 Å². The first-order chi connectivity index (χ1) is 8.01. The second-order valence-electron chi connectivity index (χ2n) is 5.52. The first-order valence-electron chi connectivity index (χ1n) is 6.50. The Hall–Kier alpha value is -0.900. The van der Waals surface area contributed by atoms with Crippen molar-refractivity contribution in [3.63, 3.8) is 0 Å². The van der Waals surface area contributed by atoms with E-state index in [1.165, 1.54) is 0 Å². The molecule has 1 aromatic heterocycles. The molecule has 1 heterocycles. The lowest BCUT2D eigenvalue weighted by atomic mass is 10.0. The molecular weight excluding hydrogens is 214 g/mol. The fraction of sp³-hybridized carbons (Fsp3) is 0.846. The summed E-state index contributed by atoms with van der Waals surface area (Å²) in [5, 5.41) is 7.31. The second kappa shape index (κ2) is 6.74. The molecule has 0 spiro atoms. The first kappa shape index (κ1) is 14.2.